The Morgan fingerprint density at radius 3 is 2.26 bits per heavy atom. The molecule has 0 heterocycles. The second kappa shape index (κ2) is 10.6. The van der Waals surface area contributed by atoms with Crippen molar-refractivity contribution < 1.29 is 34.0 Å². The quantitative estimate of drug-likeness (QED) is 0.438. The molecule has 8 heteroatoms. The number of rotatable bonds is 9. The summed E-state index contributed by atoms with van der Waals surface area (Å²) in [6.07, 6.45) is -1.38. The maximum atomic E-state index is 12.1. The van der Waals surface area contributed by atoms with Crippen LogP contribution in [0.4, 0.5) is 4.79 Å². The van der Waals surface area contributed by atoms with E-state index in [0.717, 1.165) is 6.42 Å². The van der Waals surface area contributed by atoms with Crippen molar-refractivity contribution in [2.75, 3.05) is 6.61 Å². The fraction of sp³-hybridized carbons (Fsp3) is 0.579. The number of nitrogens with two attached hydrogens (primary N) is 1. The molecule has 152 valence electrons. The number of esters is 1. The molecular formula is C19H29NO7. The molecular weight excluding hydrogens is 354 g/mol. The number of hydrogen-bond acceptors (Lipinski definition) is 8. The summed E-state index contributed by atoms with van der Waals surface area (Å²) >= 11 is 0. The second-order valence-electron chi connectivity index (χ2n) is 6.88. The summed E-state index contributed by atoms with van der Waals surface area (Å²) in [6, 6.07) is 3.21. The molecule has 1 aromatic carbocycles. The molecule has 0 aromatic heterocycles. The number of carbonyl (C=O) groups excluding carboxylic acids is 2. The van der Waals surface area contributed by atoms with E-state index >= 15 is 0 Å². The van der Waals surface area contributed by atoms with Crippen LogP contribution >= 0.6 is 0 Å². The van der Waals surface area contributed by atoms with E-state index < -0.39 is 30.4 Å². The molecule has 0 unspecified atom stereocenters. The van der Waals surface area contributed by atoms with E-state index in [1.807, 2.05) is 13.8 Å². The highest BCUT2D eigenvalue weighted by Crippen LogP contribution is 2.25. The summed E-state index contributed by atoms with van der Waals surface area (Å²) in [6.45, 7) is 7.47. The predicted octanol–water partition coefficient (Wildman–Crippen LogP) is 2.49. The normalized spacial score (nSPS) is 14.3. The van der Waals surface area contributed by atoms with E-state index in [1.165, 1.54) is 12.1 Å². The minimum absolute atomic E-state index is 0.117. The lowest BCUT2D eigenvalue weighted by atomic mass is 10.1. The highest BCUT2D eigenvalue weighted by atomic mass is 16.7. The molecule has 0 bridgehead atoms. The molecule has 4 N–H and O–H groups in total. The van der Waals surface area contributed by atoms with Crippen molar-refractivity contribution >= 4 is 12.1 Å². The van der Waals surface area contributed by atoms with Gasteiger partial charge in [-0.25, -0.2) is 4.79 Å². The van der Waals surface area contributed by atoms with Crippen LogP contribution in [0.3, 0.4) is 0 Å². The molecule has 3 atom stereocenters. The molecule has 0 aliphatic heterocycles. The fourth-order valence-electron chi connectivity index (χ4n) is 2.06. The number of hydrogen-bond donors (Lipinski definition) is 3. The van der Waals surface area contributed by atoms with Crippen molar-refractivity contribution in [2.24, 2.45) is 11.7 Å². The summed E-state index contributed by atoms with van der Waals surface area (Å²) in [4.78, 5) is 23.7. The third-order valence-corrected chi connectivity index (χ3v) is 3.96. The summed E-state index contributed by atoms with van der Waals surface area (Å²) in [7, 11) is 0. The molecule has 0 spiro atoms. The van der Waals surface area contributed by atoms with Crippen LogP contribution in [-0.4, -0.2) is 47.2 Å². The van der Waals surface area contributed by atoms with Gasteiger partial charge in [0.25, 0.3) is 0 Å². The molecule has 0 radical (unpaired) electrons. The second-order valence-corrected chi connectivity index (χ2v) is 6.88. The Morgan fingerprint density at radius 2 is 1.67 bits per heavy atom. The number of aromatic hydroxyl groups is 2. The maximum absolute atomic E-state index is 12.1. The Kier molecular flexibility index (Phi) is 8.87. The van der Waals surface area contributed by atoms with Crippen molar-refractivity contribution in [3.8, 4) is 11.5 Å². The average molecular weight is 383 g/mol. The van der Waals surface area contributed by atoms with Crippen LogP contribution in [-0.2, 0) is 25.4 Å². The number of phenolic OH excluding ortho intramolecular Hbond substituents is 2. The monoisotopic (exact) mass is 383 g/mol. The van der Waals surface area contributed by atoms with Gasteiger partial charge >= 0.3 is 12.1 Å². The van der Waals surface area contributed by atoms with Gasteiger partial charge in [0, 0.05) is 0 Å². The van der Waals surface area contributed by atoms with Crippen molar-refractivity contribution in [3.05, 3.63) is 23.8 Å². The Balaban J connectivity index is 2.44. The van der Waals surface area contributed by atoms with Crippen molar-refractivity contribution in [2.45, 2.75) is 58.8 Å². The first-order valence-electron chi connectivity index (χ1n) is 8.90. The van der Waals surface area contributed by atoms with E-state index in [-0.39, 0.29) is 24.5 Å². The van der Waals surface area contributed by atoms with Crippen LogP contribution in [0, 0.1) is 5.92 Å². The van der Waals surface area contributed by atoms with Gasteiger partial charge in [-0.3, -0.25) is 4.79 Å². The molecule has 0 aliphatic carbocycles. The zero-order chi connectivity index (χ0) is 20.6. The molecule has 0 fully saturated rings. The Morgan fingerprint density at radius 1 is 1.04 bits per heavy atom. The first-order valence-corrected chi connectivity index (χ1v) is 8.90. The lowest BCUT2D eigenvalue weighted by molar-refractivity contribution is -0.155. The fourth-order valence-corrected chi connectivity index (χ4v) is 2.06. The van der Waals surface area contributed by atoms with E-state index in [1.54, 1.807) is 19.9 Å². The van der Waals surface area contributed by atoms with Crippen molar-refractivity contribution in [1.82, 2.24) is 0 Å². The highest BCUT2D eigenvalue weighted by molar-refractivity contribution is 5.76. The summed E-state index contributed by atoms with van der Waals surface area (Å²) in [5.74, 6) is -0.806. The van der Waals surface area contributed by atoms with Crippen LogP contribution in [0.5, 0.6) is 11.5 Å². The molecule has 27 heavy (non-hydrogen) atoms. The third kappa shape index (κ3) is 8.17. The van der Waals surface area contributed by atoms with E-state index in [0.29, 0.717) is 11.5 Å². The van der Waals surface area contributed by atoms with Gasteiger partial charge in [0.05, 0.1) is 6.61 Å². The predicted molar refractivity (Wildman–Crippen MR) is 98.4 cm³/mol. The number of phenols is 2. The Hall–Kier alpha value is -2.48. The zero-order valence-corrected chi connectivity index (χ0v) is 16.2. The van der Waals surface area contributed by atoms with Crippen molar-refractivity contribution in [3.63, 3.8) is 0 Å². The summed E-state index contributed by atoms with van der Waals surface area (Å²) in [5, 5.41) is 18.8. The lowest BCUT2D eigenvalue weighted by Crippen LogP contribution is -2.39. The van der Waals surface area contributed by atoms with Gasteiger partial charge in [0.1, 0.15) is 18.2 Å². The molecule has 0 amide bonds. The van der Waals surface area contributed by atoms with Gasteiger partial charge < -0.3 is 30.2 Å². The van der Waals surface area contributed by atoms with Crippen molar-refractivity contribution in [1.29, 1.82) is 0 Å². The third-order valence-electron chi connectivity index (χ3n) is 3.96. The van der Waals surface area contributed by atoms with Crippen LogP contribution in [0.15, 0.2) is 18.2 Å². The first kappa shape index (κ1) is 22.6. The summed E-state index contributed by atoms with van der Waals surface area (Å²) in [5.41, 5.74) is 6.40. The number of carbonyl (C=O) groups is 2. The highest BCUT2D eigenvalue weighted by Gasteiger charge is 2.24. The Labute approximate surface area is 159 Å². The SMILES string of the molecule is CC(C)CCOC(=O)O[C@H](C)[C@@H](C)OC(=O)[C@@H](N)Cc1ccc(O)c(O)c1. The minimum atomic E-state index is -0.971. The average Bonchev–Trinajstić information content (AvgIpc) is 2.57. The zero-order valence-electron chi connectivity index (χ0n) is 16.2. The standard InChI is InChI=1S/C19H29NO7/c1-11(2)7-8-25-19(24)27-13(4)12(3)26-18(23)15(20)9-14-5-6-16(21)17(22)10-14/h5-6,10-13,15,21-22H,7-9,20H2,1-4H3/t12-,13-,15+/m1/s1. The van der Waals surface area contributed by atoms with Gasteiger partial charge in [-0.2, -0.15) is 0 Å². The molecule has 1 aromatic rings. The van der Waals surface area contributed by atoms with Gasteiger partial charge in [-0.1, -0.05) is 19.9 Å². The van der Waals surface area contributed by atoms with Gasteiger partial charge in [0.15, 0.2) is 11.5 Å². The van der Waals surface area contributed by atoms with Crippen LogP contribution in [0.25, 0.3) is 0 Å². The minimum Gasteiger partial charge on any atom is -0.504 e. The van der Waals surface area contributed by atoms with Gasteiger partial charge in [0.2, 0.25) is 0 Å². The molecule has 8 nitrogen and oxygen atoms in total. The molecule has 0 aliphatic rings. The lowest BCUT2D eigenvalue weighted by Gasteiger charge is -2.22. The molecule has 0 saturated carbocycles. The number of ether oxygens (including phenoxy) is 3. The Bertz CT molecular complexity index is 632. The van der Waals surface area contributed by atoms with E-state index in [9.17, 15) is 19.8 Å². The van der Waals surface area contributed by atoms with E-state index in [2.05, 4.69) is 0 Å². The van der Waals surface area contributed by atoms with Gasteiger partial charge in [-0.05, 0) is 50.3 Å². The number of benzene rings is 1. The summed E-state index contributed by atoms with van der Waals surface area (Å²) < 4.78 is 15.3. The maximum Gasteiger partial charge on any atom is 0.508 e. The topological polar surface area (TPSA) is 128 Å². The van der Waals surface area contributed by atoms with Crippen LogP contribution in [0.2, 0.25) is 0 Å². The molecule has 0 saturated heterocycles. The van der Waals surface area contributed by atoms with Crippen LogP contribution in [0.1, 0.15) is 39.7 Å². The van der Waals surface area contributed by atoms with E-state index in [4.69, 9.17) is 19.9 Å². The molecule has 1 rings (SSSR count). The largest absolute Gasteiger partial charge is 0.508 e. The smallest absolute Gasteiger partial charge is 0.504 e. The van der Waals surface area contributed by atoms with Crippen LogP contribution < -0.4 is 5.73 Å². The first-order chi connectivity index (χ1) is 12.6. The van der Waals surface area contributed by atoms with Gasteiger partial charge in [-0.15, -0.1) is 0 Å².